The Labute approximate surface area is 159 Å². The number of aromatic amines is 1. The van der Waals surface area contributed by atoms with E-state index in [1.165, 1.54) is 0 Å². The van der Waals surface area contributed by atoms with E-state index in [9.17, 15) is 14.7 Å². The summed E-state index contributed by atoms with van der Waals surface area (Å²) in [5.74, 6) is -1.22. The van der Waals surface area contributed by atoms with E-state index in [-0.39, 0.29) is 11.5 Å². The number of aromatic nitrogens is 2. The van der Waals surface area contributed by atoms with Gasteiger partial charge in [-0.1, -0.05) is 36.4 Å². The van der Waals surface area contributed by atoms with Gasteiger partial charge in [-0.15, -0.1) is 0 Å². The first-order chi connectivity index (χ1) is 13.6. The molecule has 0 unspecified atom stereocenters. The van der Waals surface area contributed by atoms with Gasteiger partial charge in [-0.3, -0.25) is 4.79 Å². The lowest BCUT2D eigenvalue weighted by Crippen LogP contribution is -2.28. The van der Waals surface area contributed by atoms with Crippen LogP contribution in [0.2, 0.25) is 0 Å². The molecule has 2 aromatic heterocycles. The number of carbonyl (C=O) groups is 2. The minimum Gasteiger partial charge on any atom is -0.478 e. The average molecular weight is 369 g/mol. The molecule has 2 aromatic carbocycles. The molecule has 2 heterocycles. The smallest absolute Gasteiger partial charge is 0.336 e. The molecular weight excluding hydrogens is 354 g/mol. The number of nitrogens with one attached hydrogen (secondary N) is 2. The molecule has 28 heavy (non-hydrogen) atoms. The van der Waals surface area contributed by atoms with Gasteiger partial charge in [0.15, 0.2) is 0 Å². The van der Waals surface area contributed by atoms with Crippen molar-refractivity contribution < 1.29 is 14.7 Å². The summed E-state index contributed by atoms with van der Waals surface area (Å²) >= 11 is 0. The molecule has 1 atom stereocenters. The number of pyridine rings is 1. The molecule has 6 nitrogen and oxygen atoms in total. The lowest BCUT2D eigenvalue weighted by Gasteiger charge is -2.16. The van der Waals surface area contributed by atoms with Crippen molar-refractivity contribution in [2.45, 2.75) is 6.04 Å². The van der Waals surface area contributed by atoms with Crippen LogP contribution in [-0.2, 0) is 0 Å². The number of H-pyrrole nitrogens is 1. The molecule has 1 aliphatic rings. The second-order valence-corrected chi connectivity index (χ2v) is 6.67. The van der Waals surface area contributed by atoms with Crippen molar-refractivity contribution in [2.24, 2.45) is 0 Å². The molecule has 3 N–H and O–H groups in total. The van der Waals surface area contributed by atoms with E-state index in [0.717, 1.165) is 22.1 Å². The van der Waals surface area contributed by atoms with E-state index >= 15 is 0 Å². The lowest BCUT2D eigenvalue weighted by atomic mass is 9.99. The van der Waals surface area contributed by atoms with Crippen molar-refractivity contribution in [2.75, 3.05) is 0 Å². The van der Waals surface area contributed by atoms with Crippen LogP contribution in [0.5, 0.6) is 0 Å². The number of nitrogens with zero attached hydrogens (tertiary/aromatic N) is 1. The summed E-state index contributed by atoms with van der Waals surface area (Å²) in [6, 6.07) is 15.8. The molecule has 0 bridgehead atoms. The molecule has 5 rings (SSSR count). The number of hydrogen-bond donors (Lipinski definition) is 3. The Hall–Kier alpha value is -3.93. The number of amides is 1. The second kappa shape index (κ2) is 6.06. The van der Waals surface area contributed by atoms with Crippen LogP contribution < -0.4 is 5.32 Å². The van der Waals surface area contributed by atoms with E-state index in [1.807, 2.05) is 36.4 Å². The van der Waals surface area contributed by atoms with Gasteiger partial charge in [-0.05, 0) is 34.9 Å². The Bertz CT molecular complexity index is 1260. The van der Waals surface area contributed by atoms with Crippen LogP contribution in [0.15, 0.2) is 67.0 Å². The van der Waals surface area contributed by atoms with Crippen LogP contribution in [0.25, 0.3) is 22.2 Å². The maximum atomic E-state index is 13.1. The van der Waals surface area contributed by atoms with Crippen molar-refractivity contribution in [3.8, 4) is 11.1 Å². The summed E-state index contributed by atoms with van der Waals surface area (Å²) in [4.78, 5) is 32.0. The van der Waals surface area contributed by atoms with E-state index in [1.54, 1.807) is 30.6 Å². The zero-order valence-electron chi connectivity index (χ0n) is 14.6. The Morgan fingerprint density at radius 1 is 0.964 bits per heavy atom. The predicted octanol–water partition coefficient (Wildman–Crippen LogP) is 3.76. The van der Waals surface area contributed by atoms with Gasteiger partial charge >= 0.3 is 5.97 Å². The van der Waals surface area contributed by atoms with Crippen molar-refractivity contribution in [1.29, 1.82) is 0 Å². The van der Waals surface area contributed by atoms with Gasteiger partial charge < -0.3 is 15.4 Å². The van der Waals surface area contributed by atoms with Crippen LogP contribution in [0.1, 0.15) is 37.9 Å². The average Bonchev–Trinajstić information content (AvgIpc) is 3.31. The lowest BCUT2D eigenvalue weighted by molar-refractivity contribution is 0.0697. The summed E-state index contributed by atoms with van der Waals surface area (Å²) in [5, 5.41) is 13.4. The number of aromatic carboxylic acids is 1. The van der Waals surface area contributed by atoms with Crippen LogP contribution in [-0.4, -0.2) is 27.0 Å². The molecule has 0 saturated carbocycles. The summed E-state index contributed by atoms with van der Waals surface area (Å²) in [6.45, 7) is 0. The molecule has 0 saturated heterocycles. The third-order valence-electron chi connectivity index (χ3n) is 5.16. The maximum Gasteiger partial charge on any atom is 0.336 e. The number of carboxylic acids is 1. The van der Waals surface area contributed by atoms with Crippen LogP contribution in [0, 0.1) is 0 Å². The molecule has 0 radical (unpaired) electrons. The standard InChI is InChI=1S/C22H15N3O3/c26-21(15-9-11-24-20-14(15)8-10-23-20)25-19-13-5-2-1-4-12(13)18-16(19)6-3-7-17(18)22(27)28/h1-11,19H,(H,23,24)(H,25,26)(H,27,28)/t19-/m0/s1. The molecule has 0 aliphatic heterocycles. The Morgan fingerprint density at radius 2 is 1.79 bits per heavy atom. The molecule has 1 aliphatic carbocycles. The number of benzene rings is 2. The molecule has 0 fully saturated rings. The monoisotopic (exact) mass is 369 g/mol. The Kier molecular flexibility index (Phi) is 3.52. The van der Waals surface area contributed by atoms with E-state index in [4.69, 9.17) is 0 Å². The van der Waals surface area contributed by atoms with Gasteiger partial charge in [0, 0.05) is 23.3 Å². The van der Waals surface area contributed by atoms with Crippen LogP contribution in [0.4, 0.5) is 0 Å². The first-order valence-corrected chi connectivity index (χ1v) is 8.83. The number of hydrogen-bond acceptors (Lipinski definition) is 3. The fourth-order valence-electron chi connectivity index (χ4n) is 3.96. The summed E-state index contributed by atoms with van der Waals surface area (Å²) in [7, 11) is 0. The summed E-state index contributed by atoms with van der Waals surface area (Å²) < 4.78 is 0. The Balaban J connectivity index is 1.62. The topological polar surface area (TPSA) is 95.1 Å². The van der Waals surface area contributed by atoms with Gasteiger partial charge in [0.2, 0.25) is 0 Å². The molecule has 6 heteroatoms. The molecular formula is C22H15N3O3. The molecule has 0 spiro atoms. The molecule has 4 aromatic rings. The molecule has 136 valence electrons. The highest BCUT2D eigenvalue weighted by Crippen LogP contribution is 2.45. The largest absolute Gasteiger partial charge is 0.478 e. The highest BCUT2D eigenvalue weighted by molar-refractivity contribution is 6.06. The minimum absolute atomic E-state index is 0.235. The van der Waals surface area contributed by atoms with E-state index in [0.29, 0.717) is 16.8 Å². The van der Waals surface area contributed by atoms with Gasteiger partial charge in [0.05, 0.1) is 17.2 Å². The number of rotatable bonds is 3. The molecule has 1 amide bonds. The Morgan fingerprint density at radius 3 is 2.64 bits per heavy atom. The normalized spacial score (nSPS) is 14.5. The van der Waals surface area contributed by atoms with Gasteiger partial charge in [-0.25, -0.2) is 9.78 Å². The van der Waals surface area contributed by atoms with E-state index in [2.05, 4.69) is 15.3 Å². The van der Waals surface area contributed by atoms with E-state index < -0.39 is 12.0 Å². The quantitative estimate of drug-likeness (QED) is 0.512. The predicted molar refractivity (Wildman–Crippen MR) is 104 cm³/mol. The highest BCUT2D eigenvalue weighted by atomic mass is 16.4. The minimum atomic E-state index is -0.984. The number of fused-ring (bicyclic) bond motifs is 4. The first-order valence-electron chi connectivity index (χ1n) is 8.83. The zero-order valence-corrected chi connectivity index (χ0v) is 14.6. The van der Waals surface area contributed by atoms with Crippen LogP contribution >= 0.6 is 0 Å². The van der Waals surface area contributed by atoms with Gasteiger partial charge in [0.1, 0.15) is 5.65 Å². The van der Waals surface area contributed by atoms with Gasteiger partial charge in [0.25, 0.3) is 5.91 Å². The summed E-state index contributed by atoms with van der Waals surface area (Å²) in [6.07, 6.45) is 3.33. The number of carboxylic acid groups (broad SMARTS) is 1. The SMILES string of the molecule is O=C(O)c1cccc2c1-c1ccccc1[C@@H]2NC(=O)c1ccnc2[nH]ccc12. The summed E-state index contributed by atoms with van der Waals surface area (Å²) in [5.41, 5.74) is 4.57. The number of carbonyl (C=O) groups excluding carboxylic acids is 1. The van der Waals surface area contributed by atoms with Crippen molar-refractivity contribution in [1.82, 2.24) is 15.3 Å². The van der Waals surface area contributed by atoms with Crippen molar-refractivity contribution in [3.05, 3.63) is 89.2 Å². The van der Waals surface area contributed by atoms with Crippen molar-refractivity contribution >= 4 is 22.9 Å². The fraction of sp³-hybridized carbons (Fsp3) is 0.0455. The van der Waals surface area contributed by atoms with Crippen LogP contribution in [0.3, 0.4) is 0 Å². The third-order valence-corrected chi connectivity index (χ3v) is 5.16. The fourth-order valence-corrected chi connectivity index (χ4v) is 3.96. The second-order valence-electron chi connectivity index (χ2n) is 6.67. The zero-order chi connectivity index (χ0) is 19.3. The highest BCUT2D eigenvalue weighted by Gasteiger charge is 2.33. The van der Waals surface area contributed by atoms with Gasteiger partial charge in [-0.2, -0.15) is 0 Å². The maximum absolute atomic E-state index is 13.1. The first kappa shape index (κ1) is 16.3. The third kappa shape index (κ3) is 2.31. The van der Waals surface area contributed by atoms with Crippen molar-refractivity contribution in [3.63, 3.8) is 0 Å².